The van der Waals surface area contributed by atoms with Crippen molar-refractivity contribution >= 4 is 5.82 Å². The van der Waals surface area contributed by atoms with Gasteiger partial charge in [0.1, 0.15) is 5.82 Å². The maximum atomic E-state index is 9.70. The van der Waals surface area contributed by atoms with E-state index in [1.165, 1.54) is 0 Å². The summed E-state index contributed by atoms with van der Waals surface area (Å²) in [6.45, 7) is 2.67. The van der Waals surface area contributed by atoms with Crippen LogP contribution in [0.25, 0.3) is 11.4 Å². The SMILES string of the molecule is CCOc1cc(-c2nc(N)cc(COC)n2)ccc1O. The van der Waals surface area contributed by atoms with Gasteiger partial charge in [-0.1, -0.05) is 0 Å². The molecule has 1 aromatic heterocycles. The zero-order chi connectivity index (χ0) is 14.5. The molecule has 0 aliphatic heterocycles. The molecule has 2 rings (SSSR count). The van der Waals surface area contributed by atoms with Gasteiger partial charge >= 0.3 is 0 Å². The fourth-order valence-corrected chi connectivity index (χ4v) is 1.79. The van der Waals surface area contributed by atoms with Gasteiger partial charge in [-0.2, -0.15) is 0 Å². The van der Waals surface area contributed by atoms with Crippen molar-refractivity contribution in [1.82, 2.24) is 9.97 Å². The molecule has 0 fully saturated rings. The second-order valence-corrected chi connectivity index (χ2v) is 4.16. The second kappa shape index (κ2) is 6.21. The van der Waals surface area contributed by atoms with Crippen LogP contribution in [0.2, 0.25) is 0 Å². The minimum atomic E-state index is 0.0802. The number of aromatic hydroxyl groups is 1. The summed E-state index contributed by atoms with van der Waals surface area (Å²) >= 11 is 0. The van der Waals surface area contributed by atoms with Gasteiger partial charge in [-0.25, -0.2) is 9.97 Å². The quantitative estimate of drug-likeness (QED) is 0.867. The third kappa shape index (κ3) is 3.16. The number of ether oxygens (including phenoxy) is 2. The van der Waals surface area contributed by atoms with Crippen LogP contribution in [-0.2, 0) is 11.3 Å². The molecule has 0 radical (unpaired) electrons. The van der Waals surface area contributed by atoms with E-state index < -0.39 is 0 Å². The first-order valence-electron chi connectivity index (χ1n) is 6.22. The number of nitrogens with two attached hydrogens (primary N) is 1. The molecule has 0 atom stereocenters. The highest BCUT2D eigenvalue weighted by atomic mass is 16.5. The van der Waals surface area contributed by atoms with Crippen molar-refractivity contribution in [3.05, 3.63) is 30.0 Å². The summed E-state index contributed by atoms with van der Waals surface area (Å²) in [7, 11) is 1.59. The van der Waals surface area contributed by atoms with Gasteiger partial charge in [0.25, 0.3) is 0 Å². The fraction of sp³-hybridized carbons (Fsp3) is 0.286. The van der Waals surface area contributed by atoms with E-state index in [9.17, 15) is 5.11 Å². The Morgan fingerprint density at radius 1 is 1.25 bits per heavy atom. The van der Waals surface area contributed by atoms with Gasteiger partial charge in [0.2, 0.25) is 0 Å². The number of nitrogens with zero attached hydrogens (tertiary/aromatic N) is 2. The standard InChI is InChI=1S/C14H17N3O3/c1-3-20-12-6-9(4-5-11(12)18)14-16-10(8-19-2)7-13(15)17-14/h4-7,18H,3,8H2,1-2H3,(H2,15,16,17). The van der Waals surface area contributed by atoms with E-state index in [0.717, 1.165) is 5.56 Å². The van der Waals surface area contributed by atoms with Gasteiger partial charge in [0.05, 0.1) is 18.9 Å². The van der Waals surface area contributed by atoms with Crippen LogP contribution in [0.3, 0.4) is 0 Å². The molecule has 1 heterocycles. The minimum Gasteiger partial charge on any atom is -0.504 e. The average molecular weight is 275 g/mol. The molecule has 2 aromatic rings. The minimum absolute atomic E-state index is 0.0802. The predicted molar refractivity (Wildman–Crippen MR) is 75.4 cm³/mol. The second-order valence-electron chi connectivity index (χ2n) is 4.16. The molecule has 6 nitrogen and oxygen atoms in total. The van der Waals surface area contributed by atoms with Crippen LogP contribution in [0.1, 0.15) is 12.6 Å². The van der Waals surface area contributed by atoms with E-state index in [4.69, 9.17) is 15.2 Å². The smallest absolute Gasteiger partial charge is 0.161 e. The number of methoxy groups -OCH3 is 1. The summed E-state index contributed by atoms with van der Waals surface area (Å²) < 4.78 is 10.4. The monoisotopic (exact) mass is 275 g/mol. The summed E-state index contributed by atoms with van der Waals surface area (Å²) in [4.78, 5) is 8.56. The topological polar surface area (TPSA) is 90.5 Å². The number of phenols is 1. The molecule has 3 N–H and O–H groups in total. The van der Waals surface area contributed by atoms with Crippen LogP contribution >= 0.6 is 0 Å². The first-order valence-corrected chi connectivity index (χ1v) is 6.22. The summed E-state index contributed by atoms with van der Waals surface area (Å²) in [6, 6.07) is 6.60. The number of aromatic nitrogens is 2. The van der Waals surface area contributed by atoms with E-state index in [1.807, 2.05) is 6.92 Å². The van der Waals surface area contributed by atoms with Crippen molar-refractivity contribution in [1.29, 1.82) is 0 Å². The van der Waals surface area contributed by atoms with Crippen LogP contribution < -0.4 is 10.5 Å². The lowest BCUT2D eigenvalue weighted by atomic mass is 10.2. The van der Waals surface area contributed by atoms with Crippen LogP contribution in [0.4, 0.5) is 5.82 Å². The lowest BCUT2D eigenvalue weighted by molar-refractivity contribution is 0.181. The number of hydrogen-bond donors (Lipinski definition) is 2. The molecule has 1 aromatic carbocycles. The molecule has 0 unspecified atom stereocenters. The highest BCUT2D eigenvalue weighted by Gasteiger charge is 2.09. The highest BCUT2D eigenvalue weighted by molar-refractivity contribution is 5.62. The van der Waals surface area contributed by atoms with Crippen molar-refractivity contribution in [2.75, 3.05) is 19.5 Å². The van der Waals surface area contributed by atoms with Gasteiger partial charge in [-0.15, -0.1) is 0 Å². The molecule has 0 aliphatic carbocycles. The number of anilines is 1. The lowest BCUT2D eigenvalue weighted by Gasteiger charge is -2.09. The lowest BCUT2D eigenvalue weighted by Crippen LogP contribution is -2.01. The Labute approximate surface area is 117 Å². The Hall–Kier alpha value is -2.34. The molecule has 0 saturated carbocycles. The Bertz CT molecular complexity index is 602. The molecule has 106 valence electrons. The molecule has 0 spiro atoms. The fourth-order valence-electron chi connectivity index (χ4n) is 1.79. The van der Waals surface area contributed by atoms with Crippen molar-refractivity contribution in [2.24, 2.45) is 0 Å². The van der Waals surface area contributed by atoms with Crippen molar-refractivity contribution in [2.45, 2.75) is 13.5 Å². The molecule has 0 aliphatic rings. The van der Waals surface area contributed by atoms with Gasteiger partial charge in [-0.3, -0.25) is 0 Å². The van der Waals surface area contributed by atoms with Crippen molar-refractivity contribution < 1.29 is 14.6 Å². The van der Waals surface area contributed by atoms with E-state index >= 15 is 0 Å². The Kier molecular flexibility index (Phi) is 4.37. The number of benzene rings is 1. The first-order chi connectivity index (χ1) is 9.63. The normalized spacial score (nSPS) is 10.5. The van der Waals surface area contributed by atoms with Gasteiger partial charge < -0.3 is 20.3 Å². The van der Waals surface area contributed by atoms with Crippen molar-refractivity contribution in [3.63, 3.8) is 0 Å². The largest absolute Gasteiger partial charge is 0.504 e. The summed E-state index contributed by atoms with van der Waals surface area (Å²) in [6.07, 6.45) is 0. The summed E-state index contributed by atoms with van der Waals surface area (Å²) in [5.41, 5.74) is 7.18. The highest BCUT2D eigenvalue weighted by Crippen LogP contribution is 2.30. The molecule has 0 bridgehead atoms. The Morgan fingerprint density at radius 2 is 2.05 bits per heavy atom. The van der Waals surface area contributed by atoms with E-state index in [1.54, 1.807) is 31.4 Å². The molecule has 6 heteroatoms. The molecule has 20 heavy (non-hydrogen) atoms. The van der Waals surface area contributed by atoms with Gasteiger partial charge in [0.15, 0.2) is 17.3 Å². The third-order valence-electron chi connectivity index (χ3n) is 2.61. The third-order valence-corrected chi connectivity index (χ3v) is 2.61. The van der Waals surface area contributed by atoms with Crippen LogP contribution in [0.15, 0.2) is 24.3 Å². The number of rotatable bonds is 5. The zero-order valence-electron chi connectivity index (χ0n) is 11.5. The average Bonchev–Trinajstić information content (AvgIpc) is 2.41. The maximum absolute atomic E-state index is 9.70. The van der Waals surface area contributed by atoms with Crippen molar-refractivity contribution in [3.8, 4) is 22.9 Å². The van der Waals surface area contributed by atoms with E-state index in [2.05, 4.69) is 9.97 Å². The van der Waals surface area contributed by atoms with E-state index in [0.29, 0.717) is 36.3 Å². The summed E-state index contributed by atoms with van der Waals surface area (Å²) in [5, 5.41) is 9.70. The zero-order valence-corrected chi connectivity index (χ0v) is 11.5. The molecular weight excluding hydrogens is 258 g/mol. The Balaban J connectivity index is 2.42. The van der Waals surface area contributed by atoms with Crippen LogP contribution in [0.5, 0.6) is 11.5 Å². The molecule has 0 amide bonds. The molecule has 0 saturated heterocycles. The predicted octanol–water partition coefficient (Wildman–Crippen LogP) is 1.98. The van der Waals surface area contributed by atoms with E-state index in [-0.39, 0.29) is 5.75 Å². The Morgan fingerprint density at radius 3 is 2.75 bits per heavy atom. The number of phenolic OH excluding ortho intramolecular Hbond substituents is 1. The van der Waals surface area contributed by atoms with Crippen LogP contribution in [-0.4, -0.2) is 28.8 Å². The summed E-state index contributed by atoms with van der Waals surface area (Å²) in [5.74, 6) is 1.31. The molecular formula is C14H17N3O3. The number of hydrogen-bond acceptors (Lipinski definition) is 6. The maximum Gasteiger partial charge on any atom is 0.161 e. The first kappa shape index (κ1) is 14.1. The van der Waals surface area contributed by atoms with Gasteiger partial charge in [-0.05, 0) is 25.1 Å². The van der Waals surface area contributed by atoms with Crippen LogP contribution in [0, 0.1) is 0 Å². The number of nitrogen functional groups attached to an aromatic ring is 1. The van der Waals surface area contributed by atoms with Gasteiger partial charge in [0, 0.05) is 18.7 Å².